The highest BCUT2D eigenvalue weighted by Gasteiger charge is 2.36. The molecule has 0 saturated heterocycles. The summed E-state index contributed by atoms with van der Waals surface area (Å²) in [5, 5.41) is 17.2. The highest BCUT2D eigenvalue weighted by molar-refractivity contribution is 9.10. The molecule has 0 fully saturated rings. The number of rotatable bonds is 3. The third-order valence-corrected chi connectivity index (χ3v) is 4.49. The molecule has 0 aliphatic rings. The van der Waals surface area contributed by atoms with Crippen molar-refractivity contribution in [2.45, 2.75) is 20.0 Å². The summed E-state index contributed by atoms with van der Waals surface area (Å²) in [6, 6.07) is 4.95. The van der Waals surface area contributed by atoms with Crippen LogP contribution in [-0.2, 0) is 6.18 Å². The minimum atomic E-state index is -4.72. The number of nitro groups is 1. The number of nitro benzene ring substituents is 1. The molecule has 8 nitrogen and oxygen atoms in total. The van der Waals surface area contributed by atoms with Gasteiger partial charge in [-0.25, -0.2) is 9.50 Å². The molecule has 0 bridgehead atoms. The van der Waals surface area contributed by atoms with Gasteiger partial charge in [0.15, 0.2) is 11.3 Å². The Labute approximate surface area is 163 Å². The number of benzene rings is 1. The molecule has 3 aromatic rings. The van der Waals surface area contributed by atoms with E-state index in [-0.39, 0.29) is 27.2 Å². The second kappa shape index (κ2) is 6.86. The molecule has 0 atom stereocenters. The van der Waals surface area contributed by atoms with E-state index >= 15 is 0 Å². The Bertz CT molecular complexity index is 1130. The van der Waals surface area contributed by atoms with Crippen molar-refractivity contribution in [3.8, 4) is 0 Å². The fourth-order valence-corrected chi connectivity index (χ4v) is 3.06. The van der Waals surface area contributed by atoms with Gasteiger partial charge in [0.1, 0.15) is 11.4 Å². The number of carbonyl (C=O) groups is 1. The van der Waals surface area contributed by atoms with Gasteiger partial charge in [-0.1, -0.05) is 6.07 Å². The van der Waals surface area contributed by atoms with Gasteiger partial charge in [0.05, 0.1) is 9.40 Å². The van der Waals surface area contributed by atoms with Crippen LogP contribution >= 0.6 is 15.9 Å². The molecule has 12 heteroatoms. The first-order valence-electron chi connectivity index (χ1n) is 7.68. The number of nitrogens with zero attached hydrogens (tertiary/aromatic N) is 4. The van der Waals surface area contributed by atoms with Crippen molar-refractivity contribution in [2.24, 2.45) is 0 Å². The van der Waals surface area contributed by atoms with Gasteiger partial charge in [0, 0.05) is 11.8 Å². The van der Waals surface area contributed by atoms with E-state index in [1.54, 1.807) is 13.0 Å². The Hall–Kier alpha value is -3.02. The normalized spacial score (nSPS) is 11.6. The molecule has 3 rings (SSSR count). The van der Waals surface area contributed by atoms with Crippen LogP contribution in [0.15, 0.2) is 28.7 Å². The average molecular weight is 458 g/mol. The van der Waals surface area contributed by atoms with Crippen LogP contribution in [0.1, 0.15) is 27.4 Å². The van der Waals surface area contributed by atoms with Crippen molar-refractivity contribution in [3.63, 3.8) is 0 Å². The Balaban J connectivity index is 2.09. The molecule has 146 valence electrons. The smallest absolute Gasteiger partial charge is 0.315 e. The molecule has 0 saturated carbocycles. The van der Waals surface area contributed by atoms with E-state index in [0.29, 0.717) is 10.1 Å². The molecule has 0 spiro atoms. The molecule has 2 heterocycles. The minimum absolute atomic E-state index is 0.0611. The summed E-state index contributed by atoms with van der Waals surface area (Å²) in [5.74, 6) is -0.921. The molecule has 1 aromatic carbocycles. The lowest BCUT2D eigenvalue weighted by atomic mass is 10.2. The molecule has 0 aliphatic carbocycles. The lowest BCUT2D eigenvalue weighted by Crippen LogP contribution is -2.16. The van der Waals surface area contributed by atoms with Crippen LogP contribution in [0, 0.1) is 24.0 Å². The van der Waals surface area contributed by atoms with Crippen LogP contribution in [0.5, 0.6) is 0 Å². The number of amides is 1. The Morgan fingerprint density at radius 2 is 1.96 bits per heavy atom. The number of nitrogens with one attached hydrogen (secondary N) is 1. The van der Waals surface area contributed by atoms with Gasteiger partial charge in [-0.3, -0.25) is 14.9 Å². The van der Waals surface area contributed by atoms with E-state index in [1.807, 2.05) is 0 Å². The fourth-order valence-electron chi connectivity index (χ4n) is 2.54. The first-order chi connectivity index (χ1) is 13.0. The van der Waals surface area contributed by atoms with Gasteiger partial charge >= 0.3 is 6.18 Å². The zero-order valence-corrected chi connectivity index (χ0v) is 15.9. The van der Waals surface area contributed by atoms with Crippen molar-refractivity contribution >= 4 is 38.9 Å². The molecule has 0 aliphatic heterocycles. The summed E-state index contributed by atoms with van der Waals surface area (Å²) in [4.78, 5) is 27.1. The summed E-state index contributed by atoms with van der Waals surface area (Å²) < 4.78 is 40.3. The van der Waals surface area contributed by atoms with Crippen LogP contribution in [0.4, 0.5) is 24.5 Å². The molecule has 0 radical (unpaired) electrons. The molecular weight excluding hydrogens is 447 g/mol. The molecule has 1 amide bonds. The average Bonchev–Trinajstić information content (AvgIpc) is 2.91. The first kappa shape index (κ1) is 19.7. The minimum Gasteiger partial charge on any atom is -0.315 e. The second-order valence-corrected chi connectivity index (χ2v) is 6.70. The van der Waals surface area contributed by atoms with Gasteiger partial charge < -0.3 is 5.32 Å². The van der Waals surface area contributed by atoms with E-state index in [9.17, 15) is 28.1 Å². The van der Waals surface area contributed by atoms with E-state index in [2.05, 4.69) is 31.3 Å². The highest BCUT2D eigenvalue weighted by atomic mass is 79.9. The van der Waals surface area contributed by atoms with Crippen molar-refractivity contribution in [2.75, 3.05) is 5.32 Å². The fraction of sp³-hybridized carbons (Fsp3) is 0.188. The number of fused-ring (bicyclic) bond motifs is 1. The SMILES string of the molecule is Cc1ccc(NC(=O)c2nn3c(C(F)(F)F)cc(C)nc3c2Br)c([N+](=O)[O-])c1. The van der Waals surface area contributed by atoms with Crippen molar-refractivity contribution in [3.05, 3.63) is 61.5 Å². The van der Waals surface area contributed by atoms with Gasteiger partial charge in [-0.05, 0) is 47.5 Å². The number of anilines is 1. The van der Waals surface area contributed by atoms with E-state index < -0.39 is 28.4 Å². The molecule has 0 unspecified atom stereocenters. The summed E-state index contributed by atoms with van der Waals surface area (Å²) in [5.41, 5.74) is -1.46. The Morgan fingerprint density at radius 1 is 1.29 bits per heavy atom. The summed E-state index contributed by atoms with van der Waals surface area (Å²) in [7, 11) is 0. The quantitative estimate of drug-likeness (QED) is 0.466. The predicted molar refractivity (Wildman–Crippen MR) is 96.2 cm³/mol. The molecule has 1 N–H and O–H groups in total. The number of aryl methyl sites for hydroxylation is 2. The third kappa shape index (κ3) is 3.54. The van der Waals surface area contributed by atoms with Crippen molar-refractivity contribution in [1.29, 1.82) is 0 Å². The van der Waals surface area contributed by atoms with E-state index in [4.69, 9.17) is 0 Å². The van der Waals surface area contributed by atoms with Crippen LogP contribution < -0.4 is 5.32 Å². The topological polar surface area (TPSA) is 102 Å². The predicted octanol–water partition coefficient (Wildman–Crippen LogP) is 4.29. The lowest BCUT2D eigenvalue weighted by Gasteiger charge is -2.09. The summed E-state index contributed by atoms with van der Waals surface area (Å²) >= 11 is 3.05. The monoisotopic (exact) mass is 457 g/mol. The number of aromatic nitrogens is 3. The van der Waals surface area contributed by atoms with Gasteiger partial charge in [-0.2, -0.15) is 18.3 Å². The Kier molecular flexibility index (Phi) is 4.83. The van der Waals surface area contributed by atoms with Crippen LogP contribution in [0.2, 0.25) is 0 Å². The third-order valence-electron chi connectivity index (χ3n) is 3.76. The van der Waals surface area contributed by atoms with E-state index in [0.717, 1.165) is 6.07 Å². The number of halogens is 4. The number of hydrogen-bond acceptors (Lipinski definition) is 5. The molecule has 28 heavy (non-hydrogen) atoms. The lowest BCUT2D eigenvalue weighted by molar-refractivity contribution is -0.384. The highest BCUT2D eigenvalue weighted by Crippen LogP contribution is 2.33. The Morgan fingerprint density at radius 3 is 2.57 bits per heavy atom. The van der Waals surface area contributed by atoms with Gasteiger partial charge in [-0.15, -0.1) is 0 Å². The number of alkyl halides is 3. The van der Waals surface area contributed by atoms with Crippen LogP contribution in [-0.4, -0.2) is 25.4 Å². The second-order valence-electron chi connectivity index (χ2n) is 5.91. The maximum absolute atomic E-state index is 13.3. The molecule has 2 aromatic heterocycles. The number of hydrogen-bond donors (Lipinski definition) is 1. The van der Waals surface area contributed by atoms with E-state index in [1.165, 1.54) is 19.1 Å². The summed E-state index contributed by atoms with van der Waals surface area (Å²) in [6.07, 6.45) is -4.72. The standard InChI is InChI=1S/C16H11BrF3N5O3/c1-7-3-4-9(10(5-7)25(27)28)22-15(26)13-12(17)14-21-8(2)6-11(16(18,19)20)24(14)23-13/h3-6H,1-2H3,(H,22,26). The largest absolute Gasteiger partial charge is 0.433 e. The van der Waals surface area contributed by atoms with Gasteiger partial charge in [0.25, 0.3) is 11.6 Å². The van der Waals surface area contributed by atoms with Crippen LogP contribution in [0.25, 0.3) is 5.65 Å². The summed E-state index contributed by atoms with van der Waals surface area (Å²) in [6.45, 7) is 3.02. The number of carbonyl (C=O) groups excluding carboxylic acids is 1. The maximum atomic E-state index is 13.3. The first-order valence-corrected chi connectivity index (χ1v) is 8.48. The van der Waals surface area contributed by atoms with Crippen molar-refractivity contribution < 1.29 is 22.9 Å². The van der Waals surface area contributed by atoms with Gasteiger partial charge in [0.2, 0.25) is 0 Å². The molecular formula is C16H11BrF3N5O3. The van der Waals surface area contributed by atoms with Crippen LogP contribution in [0.3, 0.4) is 0 Å². The zero-order valence-electron chi connectivity index (χ0n) is 14.3. The van der Waals surface area contributed by atoms with Crippen molar-refractivity contribution in [1.82, 2.24) is 14.6 Å². The zero-order chi connectivity index (χ0) is 20.8. The maximum Gasteiger partial charge on any atom is 0.433 e.